The number of rotatable bonds is 2. The van der Waals surface area contributed by atoms with Crippen molar-refractivity contribution in [2.45, 2.75) is 44.1 Å². The van der Waals surface area contributed by atoms with E-state index in [1.54, 1.807) is 0 Å². The Labute approximate surface area is 107 Å². The van der Waals surface area contributed by atoms with Crippen molar-refractivity contribution in [2.24, 2.45) is 0 Å². The molecule has 4 rings (SSSR count). The SMILES string of the molecule is c1cc2oc(C3CC3)nc2cc1C1CCCCN1. The van der Waals surface area contributed by atoms with Crippen LogP contribution < -0.4 is 5.32 Å². The molecule has 1 aliphatic heterocycles. The zero-order valence-electron chi connectivity index (χ0n) is 10.5. The van der Waals surface area contributed by atoms with Crippen LogP contribution >= 0.6 is 0 Å². The molecular formula is C15H18N2O. The Morgan fingerprint density at radius 3 is 2.89 bits per heavy atom. The zero-order chi connectivity index (χ0) is 11.9. The van der Waals surface area contributed by atoms with Crippen LogP contribution in [0.4, 0.5) is 0 Å². The highest BCUT2D eigenvalue weighted by Crippen LogP contribution is 2.40. The van der Waals surface area contributed by atoms with Crippen molar-refractivity contribution in [2.75, 3.05) is 6.54 Å². The molecule has 94 valence electrons. The van der Waals surface area contributed by atoms with Gasteiger partial charge in [0, 0.05) is 12.0 Å². The molecule has 18 heavy (non-hydrogen) atoms. The lowest BCUT2D eigenvalue weighted by Crippen LogP contribution is -2.26. The Hall–Kier alpha value is -1.35. The van der Waals surface area contributed by atoms with Crippen LogP contribution in [0.15, 0.2) is 22.6 Å². The van der Waals surface area contributed by atoms with Gasteiger partial charge in [-0.2, -0.15) is 0 Å². The van der Waals surface area contributed by atoms with Gasteiger partial charge in [-0.05, 0) is 49.9 Å². The number of oxazole rings is 1. The average molecular weight is 242 g/mol. The maximum Gasteiger partial charge on any atom is 0.198 e. The maximum atomic E-state index is 5.80. The third-order valence-electron chi connectivity index (χ3n) is 4.07. The van der Waals surface area contributed by atoms with E-state index in [1.165, 1.54) is 37.7 Å². The first-order valence-electron chi connectivity index (χ1n) is 7.04. The number of nitrogens with one attached hydrogen (secondary N) is 1. The summed E-state index contributed by atoms with van der Waals surface area (Å²) in [4.78, 5) is 4.64. The third-order valence-corrected chi connectivity index (χ3v) is 4.07. The summed E-state index contributed by atoms with van der Waals surface area (Å²) in [6, 6.07) is 6.98. The molecule has 2 aliphatic rings. The number of piperidine rings is 1. The molecule has 0 amide bonds. The summed E-state index contributed by atoms with van der Waals surface area (Å²) < 4.78 is 5.80. The topological polar surface area (TPSA) is 38.1 Å². The van der Waals surface area contributed by atoms with Crippen LogP contribution in [0.1, 0.15) is 55.5 Å². The quantitative estimate of drug-likeness (QED) is 0.875. The molecule has 1 saturated carbocycles. The van der Waals surface area contributed by atoms with Gasteiger partial charge in [0.1, 0.15) is 5.52 Å². The second-order valence-electron chi connectivity index (χ2n) is 5.56. The first kappa shape index (κ1) is 10.6. The predicted molar refractivity (Wildman–Crippen MR) is 70.6 cm³/mol. The molecule has 1 aromatic heterocycles. The smallest absolute Gasteiger partial charge is 0.198 e. The number of aromatic nitrogens is 1. The minimum Gasteiger partial charge on any atom is -0.440 e. The van der Waals surface area contributed by atoms with Crippen molar-refractivity contribution in [3.63, 3.8) is 0 Å². The summed E-state index contributed by atoms with van der Waals surface area (Å²) >= 11 is 0. The predicted octanol–water partition coefficient (Wildman–Crippen LogP) is 3.52. The highest BCUT2D eigenvalue weighted by Gasteiger charge is 2.29. The molecule has 0 spiro atoms. The molecule has 1 unspecified atom stereocenters. The lowest BCUT2D eigenvalue weighted by molar-refractivity contribution is 0.412. The fourth-order valence-corrected chi connectivity index (χ4v) is 2.82. The average Bonchev–Trinajstić information content (AvgIpc) is 3.19. The van der Waals surface area contributed by atoms with E-state index in [4.69, 9.17) is 4.42 Å². The van der Waals surface area contributed by atoms with E-state index in [1.807, 2.05) is 0 Å². The first-order chi connectivity index (χ1) is 8.90. The van der Waals surface area contributed by atoms with Gasteiger partial charge < -0.3 is 9.73 Å². The van der Waals surface area contributed by atoms with E-state index in [0.29, 0.717) is 12.0 Å². The lowest BCUT2D eigenvalue weighted by Gasteiger charge is -2.23. The number of hydrogen-bond donors (Lipinski definition) is 1. The van der Waals surface area contributed by atoms with Gasteiger partial charge in [0.05, 0.1) is 0 Å². The minimum absolute atomic E-state index is 0.504. The molecule has 0 radical (unpaired) electrons. The Morgan fingerprint density at radius 1 is 1.17 bits per heavy atom. The second-order valence-corrected chi connectivity index (χ2v) is 5.56. The lowest BCUT2D eigenvalue weighted by atomic mass is 9.97. The van der Waals surface area contributed by atoms with Crippen LogP contribution in [0, 0.1) is 0 Å². The van der Waals surface area contributed by atoms with Gasteiger partial charge >= 0.3 is 0 Å². The Balaban J connectivity index is 1.69. The van der Waals surface area contributed by atoms with E-state index < -0.39 is 0 Å². The molecular weight excluding hydrogens is 224 g/mol. The van der Waals surface area contributed by atoms with Crippen molar-refractivity contribution in [1.29, 1.82) is 0 Å². The molecule has 1 saturated heterocycles. The van der Waals surface area contributed by atoms with Crippen molar-refractivity contribution >= 4 is 11.1 Å². The molecule has 3 nitrogen and oxygen atoms in total. The monoisotopic (exact) mass is 242 g/mol. The van der Waals surface area contributed by atoms with E-state index in [-0.39, 0.29) is 0 Å². The van der Waals surface area contributed by atoms with Crippen LogP contribution in [-0.4, -0.2) is 11.5 Å². The standard InChI is InChI=1S/C15H18N2O/c1-2-8-16-12(3-1)11-6-7-14-13(9-11)17-15(18-14)10-4-5-10/h6-7,9-10,12,16H,1-5,8H2. The Morgan fingerprint density at radius 2 is 2.11 bits per heavy atom. The molecule has 1 N–H and O–H groups in total. The molecule has 3 heteroatoms. The van der Waals surface area contributed by atoms with Crippen LogP contribution in [-0.2, 0) is 0 Å². The van der Waals surface area contributed by atoms with E-state index in [9.17, 15) is 0 Å². The summed E-state index contributed by atoms with van der Waals surface area (Å²) in [6.07, 6.45) is 6.34. The highest BCUT2D eigenvalue weighted by atomic mass is 16.3. The van der Waals surface area contributed by atoms with Gasteiger partial charge in [0.15, 0.2) is 11.5 Å². The van der Waals surface area contributed by atoms with Crippen LogP contribution in [0.5, 0.6) is 0 Å². The van der Waals surface area contributed by atoms with Crippen LogP contribution in [0.2, 0.25) is 0 Å². The fraction of sp³-hybridized carbons (Fsp3) is 0.533. The van der Waals surface area contributed by atoms with Crippen molar-refractivity contribution in [3.8, 4) is 0 Å². The van der Waals surface area contributed by atoms with Gasteiger partial charge in [-0.3, -0.25) is 0 Å². The summed E-state index contributed by atoms with van der Waals surface area (Å²) in [6.45, 7) is 1.13. The van der Waals surface area contributed by atoms with Crippen molar-refractivity contribution in [3.05, 3.63) is 29.7 Å². The summed E-state index contributed by atoms with van der Waals surface area (Å²) in [7, 11) is 0. The number of nitrogens with zero attached hydrogens (tertiary/aromatic N) is 1. The third kappa shape index (κ3) is 1.83. The largest absolute Gasteiger partial charge is 0.440 e. The molecule has 2 aromatic rings. The number of benzene rings is 1. The summed E-state index contributed by atoms with van der Waals surface area (Å²) in [5.74, 6) is 1.53. The Bertz CT molecular complexity index is 565. The summed E-state index contributed by atoms with van der Waals surface area (Å²) in [5.41, 5.74) is 3.33. The zero-order valence-corrected chi connectivity index (χ0v) is 10.5. The normalized spacial score (nSPS) is 24.6. The Kier molecular flexibility index (Phi) is 2.40. The van der Waals surface area contributed by atoms with E-state index in [2.05, 4.69) is 28.5 Å². The fourth-order valence-electron chi connectivity index (χ4n) is 2.82. The van der Waals surface area contributed by atoms with Crippen LogP contribution in [0.3, 0.4) is 0 Å². The molecule has 1 aromatic carbocycles. The summed E-state index contributed by atoms with van der Waals surface area (Å²) in [5, 5.41) is 3.58. The van der Waals surface area contributed by atoms with E-state index >= 15 is 0 Å². The maximum absolute atomic E-state index is 5.80. The molecule has 0 bridgehead atoms. The van der Waals surface area contributed by atoms with E-state index in [0.717, 1.165) is 23.5 Å². The van der Waals surface area contributed by atoms with Gasteiger partial charge in [-0.1, -0.05) is 12.5 Å². The molecule has 2 fully saturated rings. The molecule has 2 heterocycles. The van der Waals surface area contributed by atoms with Gasteiger partial charge in [0.25, 0.3) is 0 Å². The number of hydrogen-bond acceptors (Lipinski definition) is 3. The molecule has 1 aliphatic carbocycles. The van der Waals surface area contributed by atoms with Crippen molar-refractivity contribution in [1.82, 2.24) is 10.3 Å². The minimum atomic E-state index is 0.504. The van der Waals surface area contributed by atoms with Gasteiger partial charge in [-0.15, -0.1) is 0 Å². The highest BCUT2D eigenvalue weighted by molar-refractivity contribution is 5.73. The first-order valence-corrected chi connectivity index (χ1v) is 7.04. The van der Waals surface area contributed by atoms with Crippen molar-refractivity contribution < 1.29 is 4.42 Å². The van der Waals surface area contributed by atoms with Crippen LogP contribution in [0.25, 0.3) is 11.1 Å². The molecule has 1 atom stereocenters. The van der Waals surface area contributed by atoms with Gasteiger partial charge in [-0.25, -0.2) is 4.98 Å². The number of fused-ring (bicyclic) bond motifs is 1. The second kappa shape index (κ2) is 4.09. The van der Waals surface area contributed by atoms with Gasteiger partial charge in [0.2, 0.25) is 0 Å².